The highest BCUT2D eigenvalue weighted by atomic mass is 16.6. The number of rotatable bonds is 6. The SMILES string of the molecule is O=[N+]([O-])c1ccc(-n2cccc2C=NNc2nncc(-c3ccccc3)n2)cc1. The number of nitro benzene ring substituents is 1. The minimum atomic E-state index is -0.427. The van der Waals surface area contributed by atoms with Crippen molar-refractivity contribution in [3.8, 4) is 16.9 Å². The Morgan fingerprint density at radius 3 is 2.59 bits per heavy atom. The fraction of sp³-hybridized carbons (Fsp3) is 0. The maximum absolute atomic E-state index is 10.8. The average Bonchev–Trinajstić information content (AvgIpc) is 3.23. The molecule has 0 spiro atoms. The third kappa shape index (κ3) is 4.14. The Hall–Kier alpha value is -4.40. The van der Waals surface area contributed by atoms with Gasteiger partial charge < -0.3 is 4.57 Å². The van der Waals surface area contributed by atoms with Gasteiger partial charge in [0.25, 0.3) is 11.6 Å². The summed E-state index contributed by atoms with van der Waals surface area (Å²) in [5.74, 6) is 0.274. The molecular weight excluding hydrogens is 370 g/mol. The summed E-state index contributed by atoms with van der Waals surface area (Å²) in [6.45, 7) is 0. The lowest BCUT2D eigenvalue weighted by atomic mass is 10.2. The van der Waals surface area contributed by atoms with Crippen LogP contribution in [0.2, 0.25) is 0 Å². The second kappa shape index (κ2) is 8.09. The molecule has 0 radical (unpaired) electrons. The van der Waals surface area contributed by atoms with Crippen molar-refractivity contribution >= 4 is 17.9 Å². The molecule has 1 N–H and O–H groups in total. The van der Waals surface area contributed by atoms with Crippen LogP contribution in [0.3, 0.4) is 0 Å². The van der Waals surface area contributed by atoms with Gasteiger partial charge in [-0.1, -0.05) is 30.3 Å². The second-order valence-electron chi connectivity index (χ2n) is 5.98. The summed E-state index contributed by atoms with van der Waals surface area (Å²) in [7, 11) is 0. The van der Waals surface area contributed by atoms with E-state index in [0.29, 0.717) is 5.69 Å². The van der Waals surface area contributed by atoms with E-state index in [1.165, 1.54) is 12.1 Å². The van der Waals surface area contributed by atoms with Crippen LogP contribution in [0.25, 0.3) is 16.9 Å². The monoisotopic (exact) mass is 385 g/mol. The highest BCUT2D eigenvalue weighted by Crippen LogP contribution is 2.17. The molecule has 9 heteroatoms. The number of aromatic nitrogens is 4. The van der Waals surface area contributed by atoms with Gasteiger partial charge in [0, 0.05) is 29.6 Å². The Kier molecular flexibility index (Phi) is 5.02. The standard InChI is InChI=1S/C20H15N7O2/c28-27(29)17-10-8-16(9-11-17)26-12-4-7-18(26)13-21-24-20-23-19(14-22-25-20)15-5-2-1-3-6-15/h1-14H,(H,23,24,25). The number of hydrogen-bond donors (Lipinski definition) is 1. The lowest BCUT2D eigenvalue weighted by Crippen LogP contribution is -2.02. The van der Waals surface area contributed by atoms with Crippen LogP contribution >= 0.6 is 0 Å². The molecule has 0 aliphatic rings. The number of non-ortho nitro benzene ring substituents is 1. The third-order valence-electron chi connectivity index (χ3n) is 4.11. The van der Waals surface area contributed by atoms with Crippen molar-refractivity contribution in [3.05, 3.63) is 94.9 Å². The number of anilines is 1. The van der Waals surface area contributed by atoms with E-state index in [0.717, 1.165) is 16.9 Å². The van der Waals surface area contributed by atoms with Crippen molar-refractivity contribution in [1.29, 1.82) is 0 Å². The number of nitro groups is 1. The first-order chi connectivity index (χ1) is 14.2. The van der Waals surface area contributed by atoms with Gasteiger partial charge in [-0.15, -0.1) is 5.10 Å². The Bertz CT molecular complexity index is 1150. The van der Waals surface area contributed by atoms with E-state index in [1.807, 2.05) is 53.2 Å². The Labute approximate surface area is 165 Å². The largest absolute Gasteiger partial charge is 0.316 e. The van der Waals surface area contributed by atoms with Crippen LogP contribution < -0.4 is 5.43 Å². The van der Waals surface area contributed by atoms with Crippen molar-refractivity contribution in [3.63, 3.8) is 0 Å². The van der Waals surface area contributed by atoms with Crippen LogP contribution in [0.1, 0.15) is 5.69 Å². The zero-order valence-corrected chi connectivity index (χ0v) is 15.1. The predicted molar refractivity (Wildman–Crippen MR) is 109 cm³/mol. The first-order valence-corrected chi connectivity index (χ1v) is 8.67. The fourth-order valence-electron chi connectivity index (χ4n) is 2.72. The van der Waals surface area contributed by atoms with Gasteiger partial charge in [0.1, 0.15) is 0 Å². The van der Waals surface area contributed by atoms with Crippen LogP contribution in [-0.2, 0) is 0 Å². The predicted octanol–water partition coefficient (Wildman–Crippen LogP) is 3.68. The first-order valence-electron chi connectivity index (χ1n) is 8.67. The molecule has 0 atom stereocenters. The Balaban J connectivity index is 1.50. The molecule has 2 heterocycles. The number of benzene rings is 2. The zero-order chi connectivity index (χ0) is 20.1. The lowest BCUT2D eigenvalue weighted by Gasteiger charge is -2.06. The third-order valence-corrected chi connectivity index (χ3v) is 4.11. The topological polar surface area (TPSA) is 111 Å². The summed E-state index contributed by atoms with van der Waals surface area (Å²) >= 11 is 0. The lowest BCUT2D eigenvalue weighted by molar-refractivity contribution is -0.384. The molecule has 0 saturated carbocycles. The van der Waals surface area contributed by atoms with Crippen molar-refractivity contribution in [1.82, 2.24) is 19.7 Å². The summed E-state index contributed by atoms with van der Waals surface area (Å²) in [6, 6.07) is 19.7. The van der Waals surface area contributed by atoms with Crippen LogP contribution in [0.4, 0.5) is 11.6 Å². The van der Waals surface area contributed by atoms with Gasteiger partial charge in [0.2, 0.25) is 0 Å². The molecule has 2 aromatic heterocycles. The molecular formula is C20H15N7O2. The van der Waals surface area contributed by atoms with Gasteiger partial charge in [0.05, 0.1) is 28.7 Å². The van der Waals surface area contributed by atoms with Gasteiger partial charge in [-0.25, -0.2) is 10.4 Å². The molecule has 0 saturated heterocycles. The number of hydrazone groups is 1. The Morgan fingerprint density at radius 1 is 1.03 bits per heavy atom. The summed E-state index contributed by atoms with van der Waals surface area (Å²) in [6.07, 6.45) is 5.04. The number of hydrogen-bond acceptors (Lipinski definition) is 7. The van der Waals surface area contributed by atoms with Crippen LogP contribution in [0.15, 0.2) is 84.2 Å². The second-order valence-corrected chi connectivity index (χ2v) is 5.98. The minimum Gasteiger partial charge on any atom is -0.316 e. The fourth-order valence-corrected chi connectivity index (χ4v) is 2.72. The summed E-state index contributed by atoms with van der Waals surface area (Å²) in [5, 5.41) is 22.9. The molecule has 29 heavy (non-hydrogen) atoms. The van der Waals surface area contributed by atoms with E-state index in [4.69, 9.17) is 0 Å². The van der Waals surface area contributed by atoms with Crippen LogP contribution in [-0.4, -0.2) is 30.9 Å². The Morgan fingerprint density at radius 2 is 1.83 bits per heavy atom. The van der Waals surface area contributed by atoms with E-state index in [1.54, 1.807) is 24.5 Å². The van der Waals surface area contributed by atoms with Crippen molar-refractivity contribution in [2.24, 2.45) is 5.10 Å². The zero-order valence-electron chi connectivity index (χ0n) is 15.1. The van der Waals surface area contributed by atoms with Crippen LogP contribution in [0.5, 0.6) is 0 Å². The molecule has 9 nitrogen and oxygen atoms in total. The molecule has 2 aromatic carbocycles. The molecule has 0 fully saturated rings. The van der Waals surface area contributed by atoms with E-state index >= 15 is 0 Å². The number of nitrogens with zero attached hydrogens (tertiary/aromatic N) is 6. The molecule has 142 valence electrons. The average molecular weight is 385 g/mol. The molecule has 0 unspecified atom stereocenters. The number of nitrogens with one attached hydrogen (secondary N) is 1. The van der Waals surface area contributed by atoms with E-state index in [-0.39, 0.29) is 11.6 Å². The highest BCUT2D eigenvalue weighted by molar-refractivity contribution is 5.79. The molecule has 0 bridgehead atoms. The summed E-state index contributed by atoms with van der Waals surface area (Å²) < 4.78 is 1.86. The van der Waals surface area contributed by atoms with Crippen molar-refractivity contribution < 1.29 is 4.92 Å². The molecule has 4 rings (SSSR count). The van der Waals surface area contributed by atoms with E-state index in [2.05, 4.69) is 25.7 Å². The molecule has 4 aromatic rings. The maximum atomic E-state index is 10.8. The van der Waals surface area contributed by atoms with Crippen molar-refractivity contribution in [2.45, 2.75) is 0 Å². The van der Waals surface area contributed by atoms with Gasteiger partial charge in [-0.2, -0.15) is 10.2 Å². The molecule has 0 aliphatic carbocycles. The molecule has 0 aliphatic heterocycles. The summed E-state index contributed by atoms with van der Waals surface area (Å²) in [4.78, 5) is 14.8. The van der Waals surface area contributed by atoms with Gasteiger partial charge in [0.15, 0.2) is 0 Å². The van der Waals surface area contributed by atoms with E-state index < -0.39 is 4.92 Å². The summed E-state index contributed by atoms with van der Waals surface area (Å²) in [5.41, 5.74) is 6.00. The highest BCUT2D eigenvalue weighted by Gasteiger charge is 2.07. The maximum Gasteiger partial charge on any atom is 0.269 e. The first kappa shape index (κ1) is 18.0. The van der Waals surface area contributed by atoms with Gasteiger partial charge in [-0.05, 0) is 24.3 Å². The molecule has 0 amide bonds. The quantitative estimate of drug-likeness (QED) is 0.308. The van der Waals surface area contributed by atoms with Crippen molar-refractivity contribution in [2.75, 3.05) is 5.43 Å². The van der Waals surface area contributed by atoms with Gasteiger partial charge >= 0.3 is 0 Å². The minimum absolute atomic E-state index is 0.0423. The van der Waals surface area contributed by atoms with Gasteiger partial charge in [-0.3, -0.25) is 10.1 Å². The van der Waals surface area contributed by atoms with E-state index in [9.17, 15) is 10.1 Å². The smallest absolute Gasteiger partial charge is 0.269 e. The van der Waals surface area contributed by atoms with Crippen LogP contribution in [0, 0.1) is 10.1 Å². The normalized spacial score (nSPS) is 10.9.